The standard InChI is InChI=1S/C12H12Br2O4/c1-17-12(16)11(14)8-2-4-9(5-3-8)18-10(15)6-7-13/h2-5,11H,6-7H2,1H3. The number of alkyl halides is 2. The van der Waals surface area contributed by atoms with Crippen molar-refractivity contribution in [3.63, 3.8) is 0 Å². The van der Waals surface area contributed by atoms with Crippen LogP contribution in [-0.4, -0.2) is 24.4 Å². The fourth-order valence-electron chi connectivity index (χ4n) is 1.20. The highest BCUT2D eigenvalue weighted by molar-refractivity contribution is 9.09. The van der Waals surface area contributed by atoms with E-state index in [2.05, 4.69) is 36.6 Å². The van der Waals surface area contributed by atoms with E-state index in [1.165, 1.54) is 7.11 Å². The predicted octanol–water partition coefficient (Wildman–Crippen LogP) is 2.99. The van der Waals surface area contributed by atoms with Crippen molar-refractivity contribution in [2.45, 2.75) is 11.2 Å². The summed E-state index contributed by atoms with van der Waals surface area (Å²) >= 11 is 6.38. The Morgan fingerprint density at radius 1 is 1.28 bits per heavy atom. The molecule has 4 nitrogen and oxygen atoms in total. The molecule has 1 atom stereocenters. The Bertz CT molecular complexity index is 417. The molecule has 0 saturated heterocycles. The van der Waals surface area contributed by atoms with Gasteiger partial charge in [-0.25, -0.2) is 0 Å². The average Bonchev–Trinajstić information content (AvgIpc) is 2.38. The summed E-state index contributed by atoms with van der Waals surface area (Å²) in [5, 5.41) is 0.565. The van der Waals surface area contributed by atoms with Gasteiger partial charge in [0.05, 0.1) is 13.5 Å². The van der Waals surface area contributed by atoms with E-state index in [4.69, 9.17) is 4.74 Å². The number of carbonyl (C=O) groups is 2. The molecule has 0 radical (unpaired) electrons. The molecule has 0 aliphatic carbocycles. The van der Waals surface area contributed by atoms with E-state index in [1.807, 2.05) is 0 Å². The largest absolute Gasteiger partial charge is 0.468 e. The molecule has 0 aliphatic heterocycles. The molecule has 1 aromatic carbocycles. The first-order chi connectivity index (χ1) is 8.58. The van der Waals surface area contributed by atoms with Crippen molar-refractivity contribution in [1.29, 1.82) is 0 Å². The lowest BCUT2D eigenvalue weighted by Gasteiger charge is -2.09. The van der Waals surface area contributed by atoms with Gasteiger partial charge in [0.2, 0.25) is 0 Å². The Balaban J connectivity index is 2.68. The minimum atomic E-state index is -0.519. The molecule has 1 rings (SSSR count). The van der Waals surface area contributed by atoms with Crippen LogP contribution in [0.4, 0.5) is 0 Å². The van der Waals surface area contributed by atoms with Crippen molar-refractivity contribution < 1.29 is 19.1 Å². The molecule has 18 heavy (non-hydrogen) atoms. The third-order valence-corrected chi connectivity index (χ3v) is 3.41. The van der Waals surface area contributed by atoms with Crippen LogP contribution < -0.4 is 4.74 Å². The molecule has 0 spiro atoms. The molecule has 98 valence electrons. The summed E-state index contributed by atoms with van der Waals surface area (Å²) in [6, 6.07) is 6.68. The number of rotatable bonds is 5. The third kappa shape index (κ3) is 4.42. The molecule has 0 aromatic heterocycles. The predicted molar refractivity (Wildman–Crippen MR) is 74.2 cm³/mol. The van der Waals surface area contributed by atoms with Crippen LogP contribution in [0.15, 0.2) is 24.3 Å². The third-order valence-electron chi connectivity index (χ3n) is 2.11. The van der Waals surface area contributed by atoms with Crippen molar-refractivity contribution in [2.75, 3.05) is 12.4 Å². The quantitative estimate of drug-likeness (QED) is 0.448. The smallest absolute Gasteiger partial charge is 0.323 e. The lowest BCUT2D eigenvalue weighted by Crippen LogP contribution is -2.09. The second-order valence-corrected chi connectivity index (χ2v) is 5.08. The minimum absolute atomic E-state index is 0.303. The number of ether oxygens (including phenoxy) is 2. The van der Waals surface area contributed by atoms with E-state index in [0.29, 0.717) is 17.5 Å². The number of benzene rings is 1. The van der Waals surface area contributed by atoms with Crippen molar-refractivity contribution in [1.82, 2.24) is 0 Å². The highest BCUT2D eigenvalue weighted by atomic mass is 79.9. The molecule has 0 heterocycles. The first-order valence-electron chi connectivity index (χ1n) is 5.17. The molecular formula is C12H12Br2O4. The number of esters is 2. The van der Waals surface area contributed by atoms with Crippen LogP contribution in [0.1, 0.15) is 16.8 Å². The van der Waals surface area contributed by atoms with Gasteiger partial charge in [-0.3, -0.25) is 9.59 Å². The van der Waals surface area contributed by atoms with Crippen LogP contribution in [0.25, 0.3) is 0 Å². The molecule has 1 unspecified atom stereocenters. The summed E-state index contributed by atoms with van der Waals surface area (Å²) in [5.74, 6) is -0.226. The summed E-state index contributed by atoms with van der Waals surface area (Å²) in [7, 11) is 1.33. The SMILES string of the molecule is COC(=O)C(Br)c1ccc(OC(=O)CCBr)cc1. The van der Waals surface area contributed by atoms with Crippen LogP contribution in [0, 0.1) is 0 Å². The first-order valence-corrected chi connectivity index (χ1v) is 7.20. The lowest BCUT2D eigenvalue weighted by molar-refractivity contribution is -0.140. The summed E-state index contributed by atoms with van der Waals surface area (Å²) in [6.07, 6.45) is 0.310. The average molecular weight is 380 g/mol. The van der Waals surface area contributed by atoms with E-state index in [9.17, 15) is 9.59 Å². The summed E-state index contributed by atoms with van der Waals surface area (Å²) in [6.45, 7) is 0. The van der Waals surface area contributed by atoms with Crippen molar-refractivity contribution >= 4 is 43.8 Å². The van der Waals surface area contributed by atoms with Gasteiger partial charge in [0, 0.05) is 5.33 Å². The Labute approximate surface area is 122 Å². The van der Waals surface area contributed by atoms with Gasteiger partial charge >= 0.3 is 11.9 Å². The number of carbonyl (C=O) groups excluding carboxylic acids is 2. The van der Waals surface area contributed by atoms with E-state index < -0.39 is 4.83 Å². The maximum atomic E-state index is 11.3. The fraction of sp³-hybridized carbons (Fsp3) is 0.333. The topological polar surface area (TPSA) is 52.6 Å². The van der Waals surface area contributed by atoms with Crippen LogP contribution >= 0.6 is 31.9 Å². The molecule has 0 saturated carbocycles. The number of halogens is 2. The van der Waals surface area contributed by atoms with Gasteiger partial charge in [0.1, 0.15) is 10.6 Å². The highest BCUT2D eigenvalue weighted by Gasteiger charge is 2.17. The zero-order chi connectivity index (χ0) is 13.5. The number of hydrogen-bond acceptors (Lipinski definition) is 4. The fourth-order valence-corrected chi connectivity index (χ4v) is 2.02. The second kappa shape index (κ2) is 7.53. The highest BCUT2D eigenvalue weighted by Crippen LogP contribution is 2.25. The molecule has 0 bridgehead atoms. The maximum Gasteiger partial charge on any atom is 0.323 e. The van der Waals surface area contributed by atoms with Gasteiger partial charge in [-0.15, -0.1) is 0 Å². The number of hydrogen-bond donors (Lipinski definition) is 0. The number of methoxy groups -OCH3 is 1. The monoisotopic (exact) mass is 378 g/mol. The molecule has 0 aliphatic rings. The lowest BCUT2D eigenvalue weighted by atomic mass is 10.1. The molecule has 6 heteroatoms. The van der Waals surface area contributed by atoms with E-state index in [0.717, 1.165) is 5.56 Å². The van der Waals surface area contributed by atoms with Gasteiger partial charge in [0.15, 0.2) is 0 Å². The molecule has 0 amide bonds. The molecule has 1 aromatic rings. The first kappa shape index (κ1) is 15.2. The Kier molecular flexibility index (Phi) is 6.35. The van der Waals surface area contributed by atoms with Crippen molar-refractivity contribution in [3.05, 3.63) is 29.8 Å². The second-order valence-electron chi connectivity index (χ2n) is 3.37. The Morgan fingerprint density at radius 3 is 2.39 bits per heavy atom. The van der Waals surface area contributed by atoms with Crippen LogP contribution in [-0.2, 0) is 14.3 Å². The maximum absolute atomic E-state index is 11.3. The summed E-state index contributed by atoms with van der Waals surface area (Å²) in [4.78, 5) is 22.0. The Hall–Kier alpha value is -0.880. The minimum Gasteiger partial charge on any atom is -0.468 e. The Morgan fingerprint density at radius 2 is 1.89 bits per heavy atom. The van der Waals surface area contributed by atoms with Gasteiger partial charge in [-0.1, -0.05) is 44.0 Å². The van der Waals surface area contributed by atoms with E-state index >= 15 is 0 Å². The van der Waals surface area contributed by atoms with Gasteiger partial charge in [-0.2, -0.15) is 0 Å². The van der Waals surface area contributed by atoms with Crippen LogP contribution in [0.5, 0.6) is 5.75 Å². The van der Waals surface area contributed by atoms with E-state index in [1.54, 1.807) is 24.3 Å². The zero-order valence-electron chi connectivity index (χ0n) is 9.69. The van der Waals surface area contributed by atoms with Gasteiger partial charge in [-0.05, 0) is 17.7 Å². The molecule has 0 fully saturated rings. The van der Waals surface area contributed by atoms with Crippen molar-refractivity contribution in [3.8, 4) is 5.75 Å². The summed E-state index contributed by atoms with van der Waals surface area (Å²) < 4.78 is 9.69. The van der Waals surface area contributed by atoms with Gasteiger partial charge < -0.3 is 9.47 Å². The normalized spacial score (nSPS) is 11.7. The van der Waals surface area contributed by atoms with Crippen LogP contribution in [0.2, 0.25) is 0 Å². The zero-order valence-corrected chi connectivity index (χ0v) is 12.9. The van der Waals surface area contributed by atoms with E-state index in [-0.39, 0.29) is 11.9 Å². The van der Waals surface area contributed by atoms with Gasteiger partial charge in [0.25, 0.3) is 0 Å². The molecular weight excluding hydrogens is 368 g/mol. The summed E-state index contributed by atoms with van der Waals surface area (Å²) in [5.41, 5.74) is 0.738. The van der Waals surface area contributed by atoms with Crippen LogP contribution in [0.3, 0.4) is 0 Å². The van der Waals surface area contributed by atoms with Crippen molar-refractivity contribution in [2.24, 2.45) is 0 Å². The molecule has 0 N–H and O–H groups in total.